The van der Waals surface area contributed by atoms with Crippen LogP contribution in [-0.2, 0) is 19.6 Å². The fourth-order valence-corrected chi connectivity index (χ4v) is 3.47. The number of carbonyl (C=O) groups is 1. The van der Waals surface area contributed by atoms with Crippen molar-refractivity contribution in [1.29, 1.82) is 0 Å². The second-order valence-corrected chi connectivity index (χ2v) is 7.48. The van der Waals surface area contributed by atoms with Gasteiger partial charge in [-0.2, -0.15) is 0 Å². The van der Waals surface area contributed by atoms with Gasteiger partial charge < -0.3 is 19.9 Å². The van der Waals surface area contributed by atoms with Crippen LogP contribution in [0, 0.1) is 0 Å². The largest absolute Gasteiger partial charge is 0.368 e. The molecule has 0 aliphatic carbocycles. The van der Waals surface area contributed by atoms with Crippen molar-refractivity contribution < 1.29 is 17.9 Å². The van der Waals surface area contributed by atoms with Crippen LogP contribution in [0.1, 0.15) is 0 Å². The van der Waals surface area contributed by atoms with Crippen LogP contribution in [0.4, 0.5) is 5.69 Å². The highest BCUT2D eigenvalue weighted by molar-refractivity contribution is 7.89. The second kappa shape index (κ2) is 9.72. The quantitative estimate of drug-likeness (QED) is 0.693. The van der Waals surface area contributed by atoms with Crippen LogP contribution in [0.15, 0.2) is 29.2 Å². The highest BCUT2D eigenvalue weighted by atomic mass is 35.5. The Kier molecular flexibility index (Phi) is 8.58. The SMILES string of the molecule is Cl.Cl.NS(=O)(=O)c1ccc(N2CCN(C(=O)C3CNCCO3)CC2)cc1. The van der Waals surface area contributed by atoms with Crippen LogP contribution in [0.2, 0.25) is 0 Å². The van der Waals surface area contributed by atoms with Gasteiger partial charge in [0.05, 0.1) is 11.5 Å². The van der Waals surface area contributed by atoms with E-state index < -0.39 is 10.0 Å². The number of morpholine rings is 1. The molecule has 2 heterocycles. The molecule has 0 spiro atoms. The van der Waals surface area contributed by atoms with Gasteiger partial charge in [0.15, 0.2) is 0 Å². The van der Waals surface area contributed by atoms with E-state index >= 15 is 0 Å². The summed E-state index contributed by atoms with van der Waals surface area (Å²) in [6.45, 7) is 4.54. The Morgan fingerprint density at radius 2 is 1.73 bits per heavy atom. The molecule has 8 nitrogen and oxygen atoms in total. The number of halogens is 2. The summed E-state index contributed by atoms with van der Waals surface area (Å²) in [6, 6.07) is 6.49. The molecule has 2 aliphatic heterocycles. The van der Waals surface area contributed by atoms with Crippen molar-refractivity contribution in [3.63, 3.8) is 0 Å². The lowest BCUT2D eigenvalue weighted by atomic mass is 10.2. The predicted octanol–water partition coefficient (Wildman–Crippen LogP) is -0.185. The number of rotatable bonds is 3. The van der Waals surface area contributed by atoms with Crippen LogP contribution >= 0.6 is 24.8 Å². The highest BCUT2D eigenvalue weighted by Gasteiger charge is 2.29. The molecule has 2 aliphatic rings. The Balaban J connectivity index is 0.00000169. The first kappa shape index (κ1) is 22.9. The van der Waals surface area contributed by atoms with E-state index in [1.54, 1.807) is 12.1 Å². The van der Waals surface area contributed by atoms with Gasteiger partial charge in [0.1, 0.15) is 6.10 Å². The molecule has 1 unspecified atom stereocenters. The van der Waals surface area contributed by atoms with Crippen molar-refractivity contribution >= 4 is 46.4 Å². The van der Waals surface area contributed by atoms with Gasteiger partial charge >= 0.3 is 0 Å². The first-order chi connectivity index (χ1) is 11.4. The molecule has 3 rings (SSSR count). The fourth-order valence-electron chi connectivity index (χ4n) is 2.96. The number of hydrogen-bond donors (Lipinski definition) is 2. The van der Waals surface area contributed by atoms with E-state index in [1.807, 2.05) is 4.90 Å². The van der Waals surface area contributed by atoms with E-state index in [1.165, 1.54) is 12.1 Å². The summed E-state index contributed by atoms with van der Waals surface area (Å²) in [5.74, 6) is 0.0337. The Hall–Kier alpha value is -1.10. The first-order valence-corrected chi connectivity index (χ1v) is 9.49. The third-order valence-corrected chi connectivity index (χ3v) is 5.25. The molecule has 1 amide bonds. The Morgan fingerprint density at radius 1 is 1.12 bits per heavy atom. The maximum absolute atomic E-state index is 12.4. The average Bonchev–Trinajstić information content (AvgIpc) is 2.61. The van der Waals surface area contributed by atoms with E-state index in [4.69, 9.17) is 9.88 Å². The van der Waals surface area contributed by atoms with E-state index in [0.29, 0.717) is 39.3 Å². The third-order valence-electron chi connectivity index (χ3n) is 4.32. The zero-order valence-electron chi connectivity index (χ0n) is 14.2. The lowest BCUT2D eigenvalue weighted by Gasteiger charge is -2.38. The molecular formula is C15H24Cl2N4O4S. The number of anilines is 1. The number of nitrogens with zero attached hydrogens (tertiary/aromatic N) is 2. The minimum atomic E-state index is -3.67. The van der Waals surface area contributed by atoms with Crippen molar-refractivity contribution in [1.82, 2.24) is 10.2 Å². The number of primary sulfonamides is 1. The number of carbonyl (C=O) groups excluding carboxylic acids is 1. The summed E-state index contributed by atoms with van der Waals surface area (Å²) in [5, 5.41) is 8.27. The summed E-state index contributed by atoms with van der Waals surface area (Å²) in [7, 11) is -3.67. The van der Waals surface area contributed by atoms with Crippen LogP contribution in [-0.4, -0.2) is 71.2 Å². The molecule has 3 N–H and O–H groups in total. The molecule has 11 heteroatoms. The number of ether oxygens (including phenoxy) is 1. The normalized spacial score (nSPS) is 20.7. The number of nitrogens with two attached hydrogens (primary N) is 1. The Morgan fingerprint density at radius 3 is 2.23 bits per heavy atom. The standard InChI is InChI=1S/C15H22N4O4S.2ClH/c16-24(21,22)13-3-1-12(2-4-13)18-6-8-19(9-7-18)15(20)14-11-17-5-10-23-14;;/h1-4,14,17H,5-11H2,(H2,16,21,22);2*1H. The molecule has 2 fully saturated rings. The van der Waals surface area contributed by atoms with Crippen molar-refractivity contribution in [2.45, 2.75) is 11.0 Å². The van der Waals surface area contributed by atoms with Gasteiger partial charge in [-0.05, 0) is 24.3 Å². The molecule has 148 valence electrons. The van der Waals surface area contributed by atoms with Gasteiger partial charge in [-0.25, -0.2) is 13.6 Å². The summed E-state index contributed by atoms with van der Waals surface area (Å²) in [4.78, 5) is 16.5. The van der Waals surface area contributed by atoms with Gasteiger partial charge in [0.2, 0.25) is 10.0 Å². The lowest BCUT2D eigenvalue weighted by Crippen LogP contribution is -2.55. The van der Waals surface area contributed by atoms with Crippen molar-refractivity contribution in [3.05, 3.63) is 24.3 Å². The van der Waals surface area contributed by atoms with E-state index in [9.17, 15) is 13.2 Å². The molecule has 1 aromatic carbocycles. The zero-order valence-corrected chi connectivity index (χ0v) is 16.6. The first-order valence-electron chi connectivity index (χ1n) is 7.94. The van der Waals surface area contributed by atoms with Gasteiger partial charge in [-0.3, -0.25) is 4.79 Å². The average molecular weight is 427 g/mol. The summed E-state index contributed by atoms with van der Waals surface area (Å²) in [5.41, 5.74) is 0.921. The minimum absolute atomic E-state index is 0. The zero-order chi connectivity index (χ0) is 17.2. The molecule has 0 aromatic heterocycles. The maximum atomic E-state index is 12.4. The van der Waals surface area contributed by atoms with Gasteiger partial charge in [0, 0.05) is 45.0 Å². The number of hydrogen-bond acceptors (Lipinski definition) is 6. The molecular weight excluding hydrogens is 403 g/mol. The molecule has 2 saturated heterocycles. The third kappa shape index (κ3) is 5.45. The number of nitrogens with one attached hydrogen (secondary N) is 1. The highest BCUT2D eigenvalue weighted by Crippen LogP contribution is 2.19. The molecule has 1 aromatic rings. The van der Waals surface area contributed by atoms with Gasteiger partial charge in [-0.1, -0.05) is 0 Å². The van der Waals surface area contributed by atoms with Crippen LogP contribution < -0.4 is 15.4 Å². The molecule has 0 saturated carbocycles. The summed E-state index contributed by atoms with van der Waals surface area (Å²) in [6.07, 6.45) is -0.389. The predicted molar refractivity (Wildman–Crippen MR) is 104 cm³/mol. The summed E-state index contributed by atoms with van der Waals surface area (Å²) >= 11 is 0. The van der Waals surface area contributed by atoms with Crippen LogP contribution in [0.5, 0.6) is 0 Å². The van der Waals surface area contributed by atoms with Crippen LogP contribution in [0.3, 0.4) is 0 Å². The second-order valence-electron chi connectivity index (χ2n) is 5.91. The number of amides is 1. The van der Waals surface area contributed by atoms with Crippen molar-refractivity contribution in [3.8, 4) is 0 Å². The summed E-state index contributed by atoms with van der Waals surface area (Å²) < 4.78 is 28.1. The smallest absolute Gasteiger partial charge is 0.253 e. The van der Waals surface area contributed by atoms with E-state index in [-0.39, 0.29) is 41.7 Å². The lowest BCUT2D eigenvalue weighted by molar-refractivity contribution is -0.145. The van der Waals surface area contributed by atoms with Crippen LogP contribution in [0.25, 0.3) is 0 Å². The number of sulfonamides is 1. The van der Waals surface area contributed by atoms with Crippen molar-refractivity contribution in [2.75, 3.05) is 50.8 Å². The Bertz CT molecular complexity index is 688. The van der Waals surface area contributed by atoms with E-state index in [0.717, 1.165) is 12.2 Å². The number of benzene rings is 1. The van der Waals surface area contributed by atoms with E-state index in [2.05, 4.69) is 10.2 Å². The molecule has 0 radical (unpaired) electrons. The monoisotopic (exact) mass is 426 g/mol. The maximum Gasteiger partial charge on any atom is 0.253 e. The molecule has 1 atom stereocenters. The van der Waals surface area contributed by atoms with Crippen molar-refractivity contribution in [2.24, 2.45) is 5.14 Å². The minimum Gasteiger partial charge on any atom is -0.368 e. The topological polar surface area (TPSA) is 105 Å². The number of piperazine rings is 1. The Labute approximate surface area is 165 Å². The molecule has 26 heavy (non-hydrogen) atoms. The van der Waals surface area contributed by atoms with Gasteiger partial charge in [-0.15, -0.1) is 24.8 Å². The molecule has 0 bridgehead atoms. The van der Waals surface area contributed by atoms with Gasteiger partial charge in [0.25, 0.3) is 5.91 Å². The fraction of sp³-hybridized carbons (Fsp3) is 0.533.